The third-order valence-electron chi connectivity index (χ3n) is 2.72. The molecule has 0 radical (unpaired) electrons. The van der Waals surface area contributed by atoms with Gasteiger partial charge in [-0.15, -0.1) is 0 Å². The standard InChI is InChI=1S/C13H10Cl2O3S2/c14-19(16)12-5-1-10(2-6-12)9-11-3-7-13(8-4-11)20(15,17)18/h1-8H,9H2. The molecule has 0 saturated heterocycles. The minimum atomic E-state index is -3.68. The predicted molar refractivity (Wildman–Crippen MR) is 81.0 cm³/mol. The first-order chi connectivity index (χ1) is 9.36. The smallest absolute Gasteiger partial charge is 0.237 e. The lowest BCUT2D eigenvalue weighted by atomic mass is 10.1. The van der Waals surface area contributed by atoms with Gasteiger partial charge in [0.2, 0.25) is 0 Å². The van der Waals surface area contributed by atoms with Crippen LogP contribution in [0.25, 0.3) is 0 Å². The van der Waals surface area contributed by atoms with E-state index in [2.05, 4.69) is 0 Å². The summed E-state index contributed by atoms with van der Waals surface area (Å²) in [5.41, 5.74) is 1.96. The molecule has 0 aliphatic carbocycles. The van der Waals surface area contributed by atoms with Crippen molar-refractivity contribution in [3.8, 4) is 0 Å². The number of hydrogen-bond acceptors (Lipinski definition) is 3. The Bertz CT molecular complexity index is 723. The van der Waals surface area contributed by atoms with Gasteiger partial charge in [-0.05, 0) is 52.5 Å². The summed E-state index contributed by atoms with van der Waals surface area (Å²) in [4.78, 5) is 0.634. The molecule has 0 spiro atoms. The molecule has 2 aromatic carbocycles. The number of benzene rings is 2. The molecule has 3 nitrogen and oxygen atoms in total. The third kappa shape index (κ3) is 4.06. The van der Waals surface area contributed by atoms with E-state index in [0.717, 1.165) is 11.1 Å². The summed E-state index contributed by atoms with van der Waals surface area (Å²) in [5, 5.41) is 0. The molecular formula is C13H10Cl2O3S2. The van der Waals surface area contributed by atoms with Crippen LogP contribution >= 0.6 is 21.4 Å². The van der Waals surface area contributed by atoms with E-state index >= 15 is 0 Å². The van der Waals surface area contributed by atoms with Gasteiger partial charge < -0.3 is 0 Å². The number of rotatable bonds is 4. The highest BCUT2D eigenvalue weighted by molar-refractivity contribution is 8.13. The fraction of sp³-hybridized carbons (Fsp3) is 0.0769. The molecule has 7 heteroatoms. The summed E-state index contributed by atoms with van der Waals surface area (Å²) < 4.78 is 33.3. The van der Waals surface area contributed by atoms with Crippen LogP contribution in [0.2, 0.25) is 0 Å². The minimum absolute atomic E-state index is 0.0794. The average molecular weight is 349 g/mol. The first kappa shape index (κ1) is 15.5. The van der Waals surface area contributed by atoms with Gasteiger partial charge in [0, 0.05) is 10.7 Å². The SMILES string of the molecule is O=S(Cl)c1ccc(Cc2ccc(S(=O)(=O)Cl)cc2)cc1. The molecule has 106 valence electrons. The van der Waals surface area contributed by atoms with Gasteiger partial charge in [-0.1, -0.05) is 24.3 Å². The highest BCUT2D eigenvalue weighted by atomic mass is 35.7. The molecule has 20 heavy (non-hydrogen) atoms. The molecule has 2 aromatic rings. The summed E-state index contributed by atoms with van der Waals surface area (Å²) in [5.74, 6) is 0. The number of hydrogen-bond donors (Lipinski definition) is 0. The summed E-state index contributed by atoms with van der Waals surface area (Å²) in [6.07, 6.45) is 0.637. The van der Waals surface area contributed by atoms with Crippen LogP contribution in [0, 0.1) is 0 Å². The lowest BCUT2D eigenvalue weighted by Gasteiger charge is -2.04. The number of halogens is 2. The van der Waals surface area contributed by atoms with E-state index in [-0.39, 0.29) is 4.90 Å². The Morgan fingerprint density at radius 1 is 0.900 bits per heavy atom. The van der Waals surface area contributed by atoms with Gasteiger partial charge in [-0.2, -0.15) is 0 Å². The average Bonchev–Trinajstić information content (AvgIpc) is 2.39. The van der Waals surface area contributed by atoms with Gasteiger partial charge in [0.05, 0.1) is 9.79 Å². The molecule has 0 fully saturated rings. The summed E-state index contributed by atoms with van der Waals surface area (Å²) in [6.45, 7) is 0. The van der Waals surface area contributed by atoms with E-state index in [0.29, 0.717) is 11.3 Å². The second-order valence-corrected chi connectivity index (χ2v) is 8.45. The van der Waals surface area contributed by atoms with Gasteiger partial charge in [0.1, 0.15) is 10.0 Å². The first-order valence-corrected chi connectivity index (χ1v) is 9.85. The van der Waals surface area contributed by atoms with Crippen molar-refractivity contribution in [3.05, 3.63) is 59.7 Å². The van der Waals surface area contributed by atoms with Gasteiger partial charge in [-0.3, -0.25) is 0 Å². The van der Waals surface area contributed by atoms with Crippen LogP contribution in [0.4, 0.5) is 0 Å². The Hall–Kier alpha value is -0.880. The molecule has 0 aliphatic heterocycles. The molecule has 0 N–H and O–H groups in total. The van der Waals surface area contributed by atoms with Crippen LogP contribution in [0.15, 0.2) is 58.3 Å². The van der Waals surface area contributed by atoms with E-state index in [9.17, 15) is 12.6 Å². The van der Waals surface area contributed by atoms with Crippen molar-refractivity contribution in [3.63, 3.8) is 0 Å². The van der Waals surface area contributed by atoms with Crippen molar-refractivity contribution in [2.75, 3.05) is 0 Å². The largest absolute Gasteiger partial charge is 0.261 e. The highest BCUT2D eigenvalue weighted by Gasteiger charge is 2.09. The van der Waals surface area contributed by atoms with Crippen molar-refractivity contribution in [2.45, 2.75) is 16.2 Å². The molecule has 0 amide bonds. The molecule has 0 aliphatic rings. The maximum absolute atomic E-state index is 11.1. The fourth-order valence-corrected chi connectivity index (χ4v) is 3.15. The third-order valence-corrected chi connectivity index (χ3v) is 5.27. The van der Waals surface area contributed by atoms with Gasteiger partial charge in [0.15, 0.2) is 0 Å². The topological polar surface area (TPSA) is 51.2 Å². The summed E-state index contributed by atoms with van der Waals surface area (Å²) in [7, 11) is 5.54. The van der Waals surface area contributed by atoms with Crippen molar-refractivity contribution in [1.29, 1.82) is 0 Å². The van der Waals surface area contributed by atoms with Crippen LogP contribution < -0.4 is 0 Å². The maximum Gasteiger partial charge on any atom is 0.261 e. The summed E-state index contributed by atoms with van der Waals surface area (Å²) >= 11 is 0. The van der Waals surface area contributed by atoms with E-state index in [1.165, 1.54) is 12.1 Å². The molecule has 0 saturated carbocycles. The van der Waals surface area contributed by atoms with Crippen LogP contribution in [0.5, 0.6) is 0 Å². The lowest BCUT2D eigenvalue weighted by Crippen LogP contribution is -1.93. The Morgan fingerprint density at radius 2 is 1.35 bits per heavy atom. The monoisotopic (exact) mass is 348 g/mol. The van der Waals surface area contributed by atoms with E-state index < -0.39 is 19.1 Å². The van der Waals surface area contributed by atoms with Crippen LogP contribution in [-0.2, 0) is 25.5 Å². The van der Waals surface area contributed by atoms with Gasteiger partial charge >= 0.3 is 0 Å². The van der Waals surface area contributed by atoms with Gasteiger partial charge in [-0.25, -0.2) is 12.6 Å². The zero-order valence-corrected chi connectivity index (χ0v) is 13.3. The van der Waals surface area contributed by atoms with Crippen molar-refractivity contribution in [1.82, 2.24) is 0 Å². The second-order valence-electron chi connectivity index (χ2n) is 4.13. The van der Waals surface area contributed by atoms with Gasteiger partial charge in [0.25, 0.3) is 9.05 Å². The van der Waals surface area contributed by atoms with Crippen LogP contribution in [0.3, 0.4) is 0 Å². The lowest BCUT2D eigenvalue weighted by molar-refractivity contribution is 0.609. The molecule has 0 bridgehead atoms. The highest BCUT2D eigenvalue weighted by Crippen LogP contribution is 2.18. The Morgan fingerprint density at radius 3 is 1.75 bits per heavy atom. The zero-order valence-electron chi connectivity index (χ0n) is 10.1. The first-order valence-electron chi connectivity index (χ1n) is 5.57. The fourth-order valence-electron chi connectivity index (χ4n) is 1.72. The van der Waals surface area contributed by atoms with E-state index in [1.54, 1.807) is 24.3 Å². The van der Waals surface area contributed by atoms with Crippen molar-refractivity contribution >= 4 is 40.4 Å². The van der Waals surface area contributed by atoms with Crippen LogP contribution in [0.1, 0.15) is 11.1 Å². The molecule has 1 atom stereocenters. The predicted octanol–water partition coefficient (Wildman–Crippen LogP) is 3.47. The quantitative estimate of drug-likeness (QED) is 0.795. The normalized spacial score (nSPS) is 13.1. The zero-order chi connectivity index (χ0) is 14.8. The van der Waals surface area contributed by atoms with Crippen molar-refractivity contribution in [2.24, 2.45) is 0 Å². The molecule has 0 heterocycles. The second kappa shape index (κ2) is 6.26. The molecule has 2 rings (SSSR count). The molecular weight excluding hydrogens is 339 g/mol. The molecule has 1 unspecified atom stereocenters. The van der Waals surface area contributed by atoms with E-state index in [1.807, 2.05) is 12.1 Å². The maximum atomic E-state index is 11.1. The Labute approximate surface area is 128 Å². The summed E-state index contributed by atoms with van der Waals surface area (Å²) in [6, 6.07) is 13.4. The molecule has 0 aromatic heterocycles. The Balaban J connectivity index is 2.16. The van der Waals surface area contributed by atoms with Crippen molar-refractivity contribution < 1.29 is 12.6 Å². The van der Waals surface area contributed by atoms with Crippen LogP contribution in [-0.4, -0.2) is 12.6 Å². The minimum Gasteiger partial charge on any atom is -0.237 e. The van der Waals surface area contributed by atoms with E-state index in [4.69, 9.17) is 21.4 Å². The Kier molecular flexibility index (Phi) is 4.86.